The summed E-state index contributed by atoms with van der Waals surface area (Å²) in [6.07, 6.45) is 0. The third-order valence-electron chi connectivity index (χ3n) is 2.74. The monoisotopic (exact) mass is 270 g/mol. The van der Waals surface area contributed by atoms with Gasteiger partial charge in [0.25, 0.3) is 0 Å². The summed E-state index contributed by atoms with van der Waals surface area (Å²) in [5.74, 6) is 0. The lowest BCUT2D eigenvalue weighted by atomic mass is 10.2. The minimum absolute atomic E-state index is 0.398. The first-order chi connectivity index (χ1) is 8.61. The van der Waals surface area contributed by atoms with Crippen molar-refractivity contribution < 1.29 is 4.74 Å². The summed E-state index contributed by atoms with van der Waals surface area (Å²) in [6, 6.07) is 8.40. The molecule has 0 spiro atoms. The van der Waals surface area contributed by atoms with Crippen molar-refractivity contribution in [1.82, 2.24) is 10.2 Å². The third kappa shape index (κ3) is 6.36. The van der Waals surface area contributed by atoms with E-state index in [9.17, 15) is 0 Å². The number of halogens is 1. The number of benzene rings is 1. The van der Waals surface area contributed by atoms with Gasteiger partial charge in [-0.15, -0.1) is 0 Å². The average Bonchev–Trinajstić information content (AvgIpc) is 2.29. The van der Waals surface area contributed by atoms with Gasteiger partial charge >= 0.3 is 0 Å². The molecule has 1 atom stereocenters. The van der Waals surface area contributed by atoms with E-state index in [1.54, 1.807) is 7.11 Å². The molecule has 18 heavy (non-hydrogen) atoms. The fourth-order valence-electron chi connectivity index (χ4n) is 1.84. The molecule has 0 aliphatic carbocycles. The molecule has 0 aliphatic heterocycles. The fraction of sp³-hybridized carbons (Fsp3) is 0.571. The van der Waals surface area contributed by atoms with Gasteiger partial charge in [0.2, 0.25) is 0 Å². The maximum atomic E-state index is 5.96. The predicted octanol–water partition coefficient (Wildman–Crippen LogP) is 2.40. The van der Waals surface area contributed by atoms with Gasteiger partial charge < -0.3 is 15.0 Å². The lowest BCUT2D eigenvalue weighted by Gasteiger charge is -2.19. The number of rotatable bonds is 8. The standard InChI is InChI=1S/C14H23ClN2O/c1-12(11-18-3)16-7-8-17(2)10-13-5-4-6-14(15)9-13/h4-6,9,12,16H,7-8,10-11H2,1-3H3. The molecule has 0 amide bonds. The van der Waals surface area contributed by atoms with Gasteiger partial charge in [-0.3, -0.25) is 0 Å². The van der Waals surface area contributed by atoms with Crippen LogP contribution in [-0.4, -0.2) is 44.8 Å². The van der Waals surface area contributed by atoms with Crippen molar-refractivity contribution in [2.24, 2.45) is 0 Å². The lowest BCUT2D eigenvalue weighted by molar-refractivity contribution is 0.170. The Labute approximate surface area is 115 Å². The molecule has 0 radical (unpaired) electrons. The van der Waals surface area contributed by atoms with Crippen LogP contribution in [0, 0.1) is 0 Å². The largest absolute Gasteiger partial charge is 0.383 e. The first-order valence-electron chi connectivity index (χ1n) is 6.27. The molecule has 1 aromatic rings. The SMILES string of the molecule is COCC(C)NCCN(C)Cc1cccc(Cl)c1. The molecule has 1 N–H and O–H groups in total. The number of hydrogen-bond acceptors (Lipinski definition) is 3. The van der Waals surface area contributed by atoms with Gasteiger partial charge in [-0.05, 0) is 31.7 Å². The number of likely N-dealkylation sites (N-methyl/N-ethyl adjacent to an activating group) is 1. The van der Waals surface area contributed by atoms with Gasteiger partial charge in [0.1, 0.15) is 0 Å². The number of nitrogens with zero attached hydrogens (tertiary/aromatic N) is 1. The van der Waals surface area contributed by atoms with Crippen LogP contribution in [0.15, 0.2) is 24.3 Å². The molecule has 0 heterocycles. The van der Waals surface area contributed by atoms with E-state index in [1.807, 2.05) is 18.2 Å². The molecule has 1 unspecified atom stereocenters. The summed E-state index contributed by atoms with van der Waals surface area (Å²) in [5.41, 5.74) is 1.25. The molecule has 0 aliphatic rings. The van der Waals surface area contributed by atoms with E-state index >= 15 is 0 Å². The molecule has 0 bridgehead atoms. The van der Waals surface area contributed by atoms with Crippen LogP contribution in [0.4, 0.5) is 0 Å². The highest BCUT2D eigenvalue weighted by molar-refractivity contribution is 6.30. The Morgan fingerprint density at radius 1 is 1.44 bits per heavy atom. The summed E-state index contributed by atoms with van der Waals surface area (Å²) >= 11 is 5.96. The van der Waals surface area contributed by atoms with Crippen LogP contribution >= 0.6 is 11.6 Å². The lowest BCUT2D eigenvalue weighted by Crippen LogP contribution is -2.36. The number of ether oxygens (including phenoxy) is 1. The molecule has 0 saturated carbocycles. The summed E-state index contributed by atoms with van der Waals surface area (Å²) in [6.45, 7) is 5.75. The second-order valence-corrected chi connectivity index (χ2v) is 5.11. The van der Waals surface area contributed by atoms with Crippen LogP contribution in [-0.2, 0) is 11.3 Å². The van der Waals surface area contributed by atoms with Crippen molar-refractivity contribution in [3.63, 3.8) is 0 Å². The van der Waals surface area contributed by atoms with Crippen molar-refractivity contribution in [1.29, 1.82) is 0 Å². The van der Waals surface area contributed by atoms with Gasteiger partial charge in [0.15, 0.2) is 0 Å². The summed E-state index contributed by atoms with van der Waals surface area (Å²) < 4.78 is 5.08. The van der Waals surface area contributed by atoms with Crippen LogP contribution < -0.4 is 5.32 Å². The first kappa shape index (κ1) is 15.4. The van der Waals surface area contributed by atoms with Gasteiger partial charge in [0.05, 0.1) is 6.61 Å². The summed E-state index contributed by atoms with van der Waals surface area (Å²) in [4.78, 5) is 2.28. The number of hydrogen-bond donors (Lipinski definition) is 1. The van der Waals surface area contributed by atoms with Gasteiger partial charge in [-0.1, -0.05) is 23.7 Å². The second-order valence-electron chi connectivity index (χ2n) is 4.68. The van der Waals surface area contributed by atoms with E-state index in [2.05, 4.69) is 30.3 Å². The Morgan fingerprint density at radius 3 is 2.89 bits per heavy atom. The fourth-order valence-corrected chi connectivity index (χ4v) is 2.05. The molecule has 3 nitrogen and oxygen atoms in total. The van der Waals surface area contributed by atoms with Crippen molar-refractivity contribution in [3.05, 3.63) is 34.9 Å². The Bertz CT molecular complexity index is 346. The van der Waals surface area contributed by atoms with Crippen molar-refractivity contribution in [2.45, 2.75) is 19.5 Å². The molecule has 102 valence electrons. The highest BCUT2D eigenvalue weighted by atomic mass is 35.5. The molecule has 1 rings (SSSR count). The first-order valence-corrected chi connectivity index (χ1v) is 6.65. The van der Waals surface area contributed by atoms with Crippen molar-refractivity contribution in [3.8, 4) is 0 Å². The zero-order chi connectivity index (χ0) is 13.4. The Hall–Kier alpha value is -0.610. The topological polar surface area (TPSA) is 24.5 Å². The second kappa shape index (κ2) is 8.48. The summed E-state index contributed by atoms with van der Waals surface area (Å²) in [5, 5.41) is 4.22. The smallest absolute Gasteiger partial charge is 0.0613 e. The average molecular weight is 271 g/mol. The maximum absolute atomic E-state index is 5.96. The molecule has 4 heteroatoms. The van der Waals surface area contributed by atoms with E-state index in [4.69, 9.17) is 16.3 Å². The molecular weight excluding hydrogens is 248 g/mol. The van der Waals surface area contributed by atoms with E-state index in [0.717, 1.165) is 31.3 Å². The predicted molar refractivity (Wildman–Crippen MR) is 77.1 cm³/mol. The van der Waals surface area contributed by atoms with Crippen molar-refractivity contribution >= 4 is 11.6 Å². The number of nitrogens with one attached hydrogen (secondary N) is 1. The van der Waals surface area contributed by atoms with Crippen LogP contribution in [0.25, 0.3) is 0 Å². The van der Waals surface area contributed by atoms with Gasteiger partial charge in [0, 0.05) is 37.8 Å². The highest BCUT2D eigenvalue weighted by Gasteiger charge is 2.03. The third-order valence-corrected chi connectivity index (χ3v) is 2.98. The normalized spacial score (nSPS) is 12.9. The summed E-state index contributed by atoms with van der Waals surface area (Å²) in [7, 11) is 3.84. The Balaban J connectivity index is 2.23. The van der Waals surface area contributed by atoms with E-state index in [0.29, 0.717) is 6.04 Å². The minimum Gasteiger partial charge on any atom is -0.383 e. The van der Waals surface area contributed by atoms with E-state index in [-0.39, 0.29) is 0 Å². The Morgan fingerprint density at radius 2 is 2.22 bits per heavy atom. The number of methoxy groups -OCH3 is 1. The quantitative estimate of drug-likeness (QED) is 0.785. The molecular formula is C14H23ClN2O. The van der Waals surface area contributed by atoms with Crippen LogP contribution in [0.1, 0.15) is 12.5 Å². The molecule has 0 aromatic heterocycles. The molecule has 0 fully saturated rings. The van der Waals surface area contributed by atoms with Gasteiger partial charge in [-0.2, -0.15) is 0 Å². The minimum atomic E-state index is 0.398. The van der Waals surface area contributed by atoms with Crippen LogP contribution in [0.5, 0.6) is 0 Å². The zero-order valence-corrected chi connectivity index (χ0v) is 12.2. The highest BCUT2D eigenvalue weighted by Crippen LogP contribution is 2.11. The molecule has 0 saturated heterocycles. The molecule has 1 aromatic carbocycles. The maximum Gasteiger partial charge on any atom is 0.0613 e. The van der Waals surface area contributed by atoms with E-state index in [1.165, 1.54) is 5.56 Å². The van der Waals surface area contributed by atoms with Crippen LogP contribution in [0.2, 0.25) is 5.02 Å². The zero-order valence-electron chi connectivity index (χ0n) is 11.4. The van der Waals surface area contributed by atoms with Crippen LogP contribution in [0.3, 0.4) is 0 Å². The Kier molecular flexibility index (Phi) is 7.28. The van der Waals surface area contributed by atoms with E-state index < -0.39 is 0 Å². The van der Waals surface area contributed by atoms with Gasteiger partial charge in [-0.25, -0.2) is 0 Å². The van der Waals surface area contributed by atoms with Crippen molar-refractivity contribution in [2.75, 3.05) is 33.9 Å².